The van der Waals surface area contributed by atoms with Crippen molar-refractivity contribution >= 4 is 0 Å². The summed E-state index contributed by atoms with van der Waals surface area (Å²) >= 11 is 0. The molecule has 3 nitrogen and oxygen atoms in total. The summed E-state index contributed by atoms with van der Waals surface area (Å²) in [5.74, 6) is -1.15. The number of benzene rings is 1. The highest BCUT2D eigenvalue weighted by Crippen LogP contribution is 2.52. The molecule has 0 amide bonds. The van der Waals surface area contributed by atoms with Crippen LogP contribution in [-0.2, 0) is 11.6 Å². The van der Waals surface area contributed by atoms with Crippen LogP contribution >= 0.6 is 0 Å². The van der Waals surface area contributed by atoms with E-state index in [2.05, 4.69) is 14.7 Å². The Morgan fingerprint density at radius 3 is 2.26 bits per heavy atom. The zero-order valence-corrected chi connectivity index (χ0v) is 10.2. The van der Waals surface area contributed by atoms with Crippen molar-refractivity contribution in [1.82, 2.24) is 10.1 Å². The van der Waals surface area contributed by atoms with Crippen LogP contribution < -0.4 is 0 Å². The fourth-order valence-electron chi connectivity index (χ4n) is 2.17. The van der Waals surface area contributed by atoms with Crippen LogP contribution in [0.3, 0.4) is 0 Å². The summed E-state index contributed by atoms with van der Waals surface area (Å²) in [5.41, 5.74) is 1.54. The van der Waals surface area contributed by atoms with Crippen LogP contribution in [0.25, 0.3) is 0 Å². The Morgan fingerprint density at radius 1 is 1.16 bits per heavy atom. The largest absolute Gasteiger partial charge is 0.471 e. The number of halogens is 3. The summed E-state index contributed by atoms with van der Waals surface area (Å²) in [6, 6.07) is 7.68. The summed E-state index contributed by atoms with van der Waals surface area (Å²) in [6.07, 6.45) is -3.10. The molecule has 0 atom stereocenters. The van der Waals surface area contributed by atoms with Crippen molar-refractivity contribution in [2.45, 2.75) is 31.4 Å². The lowest BCUT2D eigenvalue weighted by Crippen LogP contribution is -2.12. The highest BCUT2D eigenvalue weighted by molar-refractivity contribution is 5.40. The SMILES string of the molecule is Cc1ccc(C2(c3noc(C(F)(F)F)n3)CC2)cc1. The van der Waals surface area contributed by atoms with Gasteiger partial charge in [-0.2, -0.15) is 18.2 Å². The predicted octanol–water partition coefficient (Wildman–Crippen LogP) is 3.48. The third-order valence-corrected chi connectivity index (χ3v) is 3.45. The molecular formula is C13H11F3N2O. The van der Waals surface area contributed by atoms with Crippen LogP contribution in [0.4, 0.5) is 13.2 Å². The summed E-state index contributed by atoms with van der Waals surface area (Å²) in [6.45, 7) is 1.96. The monoisotopic (exact) mass is 268 g/mol. The highest BCUT2D eigenvalue weighted by atomic mass is 19.4. The van der Waals surface area contributed by atoms with E-state index in [4.69, 9.17) is 0 Å². The van der Waals surface area contributed by atoms with Crippen LogP contribution in [0.1, 0.15) is 35.7 Å². The highest BCUT2D eigenvalue weighted by Gasteiger charge is 2.51. The third kappa shape index (κ3) is 2.01. The van der Waals surface area contributed by atoms with Gasteiger partial charge < -0.3 is 4.52 Å². The van der Waals surface area contributed by atoms with Gasteiger partial charge in [0, 0.05) is 0 Å². The Balaban J connectivity index is 1.97. The van der Waals surface area contributed by atoms with Gasteiger partial charge in [0.1, 0.15) is 0 Å². The van der Waals surface area contributed by atoms with E-state index in [-0.39, 0.29) is 5.82 Å². The molecule has 1 aromatic heterocycles. The van der Waals surface area contributed by atoms with Gasteiger partial charge in [-0.05, 0) is 25.3 Å². The first-order valence-electron chi connectivity index (χ1n) is 5.90. The third-order valence-electron chi connectivity index (χ3n) is 3.45. The quantitative estimate of drug-likeness (QED) is 0.837. The van der Waals surface area contributed by atoms with E-state index in [0.29, 0.717) is 0 Å². The second-order valence-electron chi connectivity index (χ2n) is 4.87. The minimum absolute atomic E-state index is 0.128. The van der Waals surface area contributed by atoms with Crippen molar-refractivity contribution in [3.05, 3.63) is 47.1 Å². The van der Waals surface area contributed by atoms with Gasteiger partial charge >= 0.3 is 12.1 Å². The molecule has 1 saturated carbocycles. The maximum absolute atomic E-state index is 12.5. The van der Waals surface area contributed by atoms with Gasteiger partial charge in [-0.25, -0.2) is 0 Å². The van der Waals surface area contributed by atoms with Crippen LogP contribution in [0.2, 0.25) is 0 Å². The van der Waals surface area contributed by atoms with Gasteiger partial charge in [0.15, 0.2) is 5.82 Å². The van der Waals surface area contributed by atoms with Gasteiger partial charge in [0.05, 0.1) is 5.41 Å². The lowest BCUT2D eigenvalue weighted by Gasteiger charge is -2.11. The molecule has 0 spiro atoms. The maximum atomic E-state index is 12.5. The number of aryl methyl sites for hydroxylation is 1. The summed E-state index contributed by atoms with van der Waals surface area (Å²) < 4.78 is 41.7. The number of rotatable bonds is 2. The van der Waals surface area contributed by atoms with Gasteiger partial charge in [-0.15, -0.1) is 0 Å². The molecule has 1 heterocycles. The Bertz CT molecular complexity index is 597. The first-order valence-corrected chi connectivity index (χ1v) is 5.90. The molecule has 1 fully saturated rings. The fraction of sp³-hybridized carbons (Fsp3) is 0.385. The molecule has 2 aromatic rings. The smallest absolute Gasteiger partial charge is 0.329 e. The van der Waals surface area contributed by atoms with Gasteiger partial charge in [-0.3, -0.25) is 0 Å². The summed E-state index contributed by atoms with van der Waals surface area (Å²) in [7, 11) is 0. The van der Waals surface area contributed by atoms with Crippen molar-refractivity contribution in [2.75, 3.05) is 0 Å². The lowest BCUT2D eigenvalue weighted by molar-refractivity contribution is -0.159. The molecule has 1 aromatic carbocycles. The predicted molar refractivity (Wildman–Crippen MR) is 60.5 cm³/mol. The van der Waals surface area contributed by atoms with Crippen molar-refractivity contribution in [3.8, 4) is 0 Å². The Labute approximate surface area is 107 Å². The number of alkyl halides is 3. The van der Waals surface area contributed by atoms with Crippen LogP contribution in [-0.4, -0.2) is 10.1 Å². The molecule has 0 bridgehead atoms. The standard InChI is InChI=1S/C13H11F3N2O/c1-8-2-4-9(5-3-8)12(6-7-12)10-17-11(19-18-10)13(14,15)16/h2-5H,6-7H2,1H3. The second-order valence-corrected chi connectivity index (χ2v) is 4.87. The Hall–Kier alpha value is -1.85. The van der Waals surface area contributed by atoms with Crippen LogP contribution in [0.15, 0.2) is 28.8 Å². The Morgan fingerprint density at radius 2 is 1.79 bits per heavy atom. The van der Waals surface area contributed by atoms with Crippen molar-refractivity contribution in [2.24, 2.45) is 0 Å². The van der Waals surface area contributed by atoms with Gasteiger partial charge in [0.25, 0.3) is 0 Å². The molecule has 6 heteroatoms. The molecule has 0 aliphatic heterocycles. The van der Waals surface area contributed by atoms with Crippen molar-refractivity contribution in [3.63, 3.8) is 0 Å². The summed E-state index contributed by atoms with van der Waals surface area (Å²) in [5, 5.41) is 3.51. The van der Waals surface area contributed by atoms with Crippen molar-refractivity contribution < 1.29 is 17.7 Å². The first kappa shape index (κ1) is 12.2. The molecule has 0 unspecified atom stereocenters. The minimum Gasteiger partial charge on any atom is -0.329 e. The van der Waals surface area contributed by atoms with Crippen molar-refractivity contribution in [1.29, 1.82) is 0 Å². The average molecular weight is 268 g/mol. The van der Waals surface area contributed by atoms with E-state index in [1.165, 1.54) is 0 Å². The maximum Gasteiger partial charge on any atom is 0.471 e. The first-order chi connectivity index (χ1) is 8.92. The van der Waals surface area contributed by atoms with E-state index in [0.717, 1.165) is 24.0 Å². The second kappa shape index (κ2) is 3.82. The number of hydrogen-bond acceptors (Lipinski definition) is 3. The lowest BCUT2D eigenvalue weighted by atomic mass is 9.94. The van der Waals surface area contributed by atoms with E-state index >= 15 is 0 Å². The number of nitrogens with zero attached hydrogens (tertiary/aromatic N) is 2. The topological polar surface area (TPSA) is 38.9 Å². The molecular weight excluding hydrogens is 257 g/mol. The molecule has 1 aliphatic carbocycles. The molecule has 100 valence electrons. The molecule has 1 aliphatic rings. The van der Waals surface area contributed by atoms with Gasteiger partial charge in [-0.1, -0.05) is 35.0 Å². The zero-order chi connectivity index (χ0) is 13.7. The summed E-state index contributed by atoms with van der Waals surface area (Å²) in [4.78, 5) is 3.51. The van der Waals surface area contributed by atoms with Crippen LogP contribution in [0, 0.1) is 6.92 Å². The Kier molecular flexibility index (Phi) is 2.45. The normalized spacial score (nSPS) is 17.5. The zero-order valence-electron chi connectivity index (χ0n) is 10.2. The van der Waals surface area contributed by atoms with E-state index in [1.54, 1.807) is 0 Å². The number of hydrogen-bond donors (Lipinski definition) is 0. The molecule has 3 rings (SSSR count). The molecule has 0 radical (unpaired) electrons. The van der Waals surface area contributed by atoms with Gasteiger partial charge in [0.2, 0.25) is 0 Å². The average Bonchev–Trinajstić information content (AvgIpc) is 2.98. The van der Waals surface area contributed by atoms with E-state index in [1.807, 2.05) is 31.2 Å². The van der Waals surface area contributed by atoms with Crippen LogP contribution in [0.5, 0.6) is 0 Å². The van der Waals surface area contributed by atoms with E-state index in [9.17, 15) is 13.2 Å². The molecule has 0 N–H and O–H groups in total. The number of aromatic nitrogens is 2. The fourth-order valence-corrected chi connectivity index (χ4v) is 2.17. The molecule has 0 saturated heterocycles. The minimum atomic E-state index is -4.59. The van der Waals surface area contributed by atoms with E-state index < -0.39 is 17.5 Å². The molecule has 19 heavy (non-hydrogen) atoms.